The summed E-state index contributed by atoms with van der Waals surface area (Å²) >= 11 is 0. The van der Waals surface area contributed by atoms with Crippen molar-refractivity contribution in [3.05, 3.63) is 35.4 Å². The largest absolute Gasteiger partial charge is 0.303 e. The number of hydrogen-bond acceptors (Lipinski definition) is 2. The van der Waals surface area contributed by atoms with E-state index in [9.17, 15) is 4.79 Å². The molecule has 1 aromatic rings. The minimum absolute atomic E-state index is 0.249. The van der Waals surface area contributed by atoms with E-state index in [1.165, 1.54) is 11.1 Å². The van der Waals surface area contributed by atoms with E-state index in [2.05, 4.69) is 36.1 Å². The van der Waals surface area contributed by atoms with Crippen LogP contribution in [0.1, 0.15) is 24.0 Å². The van der Waals surface area contributed by atoms with Crippen LogP contribution in [-0.2, 0) is 11.3 Å². The highest BCUT2D eigenvalue weighted by atomic mass is 16.1. The summed E-state index contributed by atoms with van der Waals surface area (Å²) in [7, 11) is 0. The van der Waals surface area contributed by atoms with Crippen molar-refractivity contribution in [2.75, 3.05) is 13.1 Å². The lowest BCUT2D eigenvalue weighted by Crippen LogP contribution is -2.35. The third-order valence-corrected chi connectivity index (χ3v) is 3.26. The molecule has 1 aromatic carbocycles. The summed E-state index contributed by atoms with van der Waals surface area (Å²) in [6, 6.07) is 8.66. The lowest BCUT2D eigenvalue weighted by Gasteiger charge is -2.30. The smallest absolute Gasteiger partial charge is 0.124 e. The molecule has 0 aromatic heterocycles. The predicted molar refractivity (Wildman–Crippen MR) is 65.2 cm³/mol. The highest BCUT2D eigenvalue weighted by molar-refractivity contribution is 5.53. The van der Waals surface area contributed by atoms with Crippen molar-refractivity contribution in [1.82, 2.24) is 4.90 Å². The van der Waals surface area contributed by atoms with Gasteiger partial charge in [0, 0.05) is 19.0 Å². The van der Waals surface area contributed by atoms with Gasteiger partial charge in [-0.25, -0.2) is 0 Å². The van der Waals surface area contributed by atoms with Crippen molar-refractivity contribution in [2.45, 2.75) is 26.3 Å². The van der Waals surface area contributed by atoms with E-state index in [4.69, 9.17) is 0 Å². The number of aryl methyl sites for hydroxylation is 1. The maximum atomic E-state index is 10.8. The number of aldehydes is 1. The number of hydrogen-bond donors (Lipinski definition) is 0. The van der Waals surface area contributed by atoms with Gasteiger partial charge in [0.05, 0.1) is 0 Å². The standard InChI is InChI=1S/C14H19NO/c1-12-4-6-13(7-5-12)9-15-8-2-3-14(10-15)11-16/h4-7,11,14H,2-3,8-10H2,1H3. The molecule has 1 fully saturated rings. The Hall–Kier alpha value is -1.15. The summed E-state index contributed by atoms with van der Waals surface area (Å²) < 4.78 is 0. The first-order valence-electron chi connectivity index (χ1n) is 6.01. The Morgan fingerprint density at radius 1 is 1.38 bits per heavy atom. The van der Waals surface area contributed by atoms with Crippen molar-refractivity contribution < 1.29 is 4.79 Å². The van der Waals surface area contributed by atoms with Crippen LogP contribution in [0, 0.1) is 12.8 Å². The summed E-state index contributed by atoms with van der Waals surface area (Å²) in [6.45, 7) is 5.13. The van der Waals surface area contributed by atoms with Crippen LogP contribution in [0.3, 0.4) is 0 Å². The first-order chi connectivity index (χ1) is 7.78. The van der Waals surface area contributed by atoms with Gasteiger partial charge in [0.15, 0.2) is 0 Å². The van der Waals surface area contributed by atoms with E-state index in [1.54, 1.807) is 0 Å². The molecule has 1 unspecified atom stereocenters. The number of rotatable bonds is 3. The van der Waals surface area contributed by atoms with Gasteiger partial charge in [-0.2, -0.15) is 0 Å². The van der Waals surface area contributed by atoms with Gasteiger partial charge < -0.3 is 4.79 Å². The molecule has 0 amide bonds. The zero-order valence-electron chi connectivity index (χ0n) is 9.86. The molecule has 2 heteroatoms. The van der Waals surface area contributed by atoms with E-state index >= 15 is 0 Å². The maximum absolute atomic E-state index is 10.8. The van der Waals surface area contributed by atoms with Gasteiger partial charge in [-0.05, 0) is 31.9 Å². The van der Waals surface area contributed by atoms with Crippen LogP contribution in [0.5, 0.6) is 0 Å². The molecule has 2 rings (SSSR count). The van der Waals surface area contributed by atoms with Crippen LogP contribution in [0.15, 0.2) is 24.3 Å². The normalized spacial score (nSPS) is 21.9. The lowest BCUT2D eigenvalue weighted by molar-refractivity contribution is -0.112. The Balaban J connectivity index is 1.93. The van der Waals surface area contributed by atoms with E-state index < -0.39 is 0 Å². The average molecular weight is 217 g/mol. The second-order valence-electron chi connectivity index (χ2n) is 4.76. The summed E-state index contributed by atoms with van der Waals surface area (Å²) in [5.41, 5.74) is 2.64. The van der Waals surface area contributed by atoms with Crippen LogP contribution >= 0.6 is 0 Å². The molecule has 0 saturated carbocycles. The summed E-state index contributed by atoms with van der Waals surface area (Å²) in [4.78, 5) is 13.2. The SMILES string of the molecule is Cc1ccc(CN2CCCC(C=O)C2)cc1. The fraction of sp³-hybridized carbons (Fsp3) is 0.500. The number of carbonyl (C=O) groups is 1. The number of likely N-dealkylation sites (tertiary alicyclic amines) is 1. The first kappa shape index (κ1) is 11.3. The topological polar surface area (TPSA) is 20.3 Å². The van der Waals surface area contributed by atoms with E-state index in [0.717, 1.165) is 38.8 Å². The van der Waals surface area contributed by atoms with Crippen LogP contribution in [0.25, 0.3) is 0 Å². The van der Waals surface area contributed by atoms with E-state index in [0.29, 0.717) is 0 Å². The summed E-state index contributed by atoms with van der Waals surface area (Å²) in [5.74, 6) is 0.249. The maximum Gasteiger partial charge on any atom is 0.124 e. The first-order valence-corrected chi connectivity index (χ1v) is 6.01. The zero-order valence-corrected chi connectivity index (χ0v) is 9.86. The molecule has 2 nitrogen and oxygen atoms in total. The fourth-order valence-electron chi connectivity index (χ4n) is 2.30. The van der Waals surface area contributed by atoms with Crippen molar-refractivity contribution in [3.63, 3.8) is 0 Å². The molecule has 0 N–H and O–H groups in total. The van der Waals surface area contributed by atoms with Crippen molar-refractivity contribution in [3.8, 4) is 0 Å². The van der Waals surface area contributed by atoms with Gasteiger partial charge in [-0.3, -0.25) is 4.90 Å². The highest BCUT2D eigenvalue weighted by Gasteiger charge is 2.18. The molecule has 1 saturated heterocycles. The average Bonchev–Trinajstić information content (AvgIpc) is 2.32. The number of benzene rings is 1. The number of nitrogens with zero attached hydrogens (tertiary/aromatic N) is 1. The Kier molecular flexibility index (Phi) is 3.73. The van der Waals surface area contributed by atoms with Gasteiger partial charge in [-0.15, -0.1) is 0 Å². The number of piperidine rings is 1. The van der Waals surface area contributed by atoms with Crippen molar-refractivity contribution >= 4 is 6.29 Å². The van der Waals surface area contributed by atoms with Crippen LogP contribution < -0.4 is 0 Å². The molecular weight excluding hydrogens is 198 g/mol. The molecule has 1 aliphatic heterocycles. The molecular formula is C14H19NO. The Morgan fingerprint density at radius 2 is 2.12 bits per heavy atom. The van der Waals surface area contributed by atoms with Crippen molar-refractivity contribution in [1.29, 1.82) is 0 Å². The van der Waals surface area contributed by atoms with Gasteiger partial charge in [0.1, 0.15) is 6.29 Å². The Labute approximate surface area is 97.3 Å². The predicted octanol–water partition coefficient (Wildman–Crippen LogP) is 2.41. The fourth-order valence-corrected chi connectivity index (χ4v) is 2.30. The monoisotopic (exact) mass is 217 g/mol. The molecule has 16 heavy (non-hydrogen) atoms. The molecule has 1 aliphatic rings. The zero-order chi connectivity index (χ0) is 11.4. The molecule has 0 aliphatic carbocycles. The van der Waals surface area contributed by atoms with Crippen molar-refractivity contribution in [2.24, 2.45) is 5.92 Å². The van der Waals surface area contributed by atoms with Crippen LogP contribution in [0.2, 0.25) is 0 Å². The van der Waals surface area contributed by atoms with Crippen LogP contribution in [-0.4, -0.2) is 24.3 Å². The van der Waals surface area contributed by atoms with Crippen LogP contribution in [0.4, 0.5) is 0 Å². The molecule has 86 valence electrons. The Morgan fingerprint density at radius 3 is 2.81 bits per heavy atom. The minimum atomic E-state index is 0.249. The van der Waals surface area contributed by atoms with Gasteiger partial charge in [0.2, 0.25) is 0 Å². The highest BCUT2D eigenvalue weighted by Crippen LogP contribution is 2.17. The third kappa shape index (κ3) is 2.92. The second kappa shape index (κ2) is 5.26. The molecule has 0 radical (unpaired) electrons. The van der Waals surface area contributed by atoms with Gasteiger partial charge in [-0.1, -0.05) is 29.8 Å². The number of carbonyl (C=O) groups excluding carboxylic acids is 1. The van der Waals surface area contributed by atoms with E-state index in [1.807, 2.05) is 0 Å². The van der Waals surface area contributed by atoms with Gasteiger partial charge >= 0.3 is 0 Å². The molecule has 1 atom stereocenters. The molecule has 0 bridgehead atoms. The quantitative estimate of drug-likeness (QED) is 0.725. The van der Waals surface area contributed by atoms with Gasteiger partial charge in [0.25, 0.3) is 0 Å². The Bertz CT molecular complexity index is 344. The third-order valence-electron chi connectivity index (χ3n) is 3.26. The molecule has 0 spiro atoms. The summed E-state index contributed by atoms with van der Waals surface area (Å²) in [6.07, 6.45) is 3.32. The lowest BCUT2D eigenvalue weighted by atomic mass is 9.99. The molecule has 1 heterocycles. The van der Waals surface area contributed by atoms with E-state index in [-0.39, 0.29) is 5.92 Å². The minimum Gasteiger partial charge on any atom is -0.303 e. The summed E-state index contributed by atoms with van der Waals surface area (Å²) in [5, 5.41) is 0. The second-order valence-corrected chi connectivity index (χ2v) is 4.76.